The topological polar surface area (TPSA) is 45.7 Å². The van der Waals surface area contributed by atoms with Crippen LogP contribution in [0.3, 0.4) is 0 Å². The summed E-state index contributed by atoms with van der Waals surface area (Å²) in [7, 11) is 5.62. The molecule has 5 nitrogen and oxygen atoms in total. The fourth-order valence-corrected chi connectivity index (χ4v) is 4.66. The van der Waals surface area contributed by atoms with E-state index in [2.05, 4.69) is 30.9 Å². The van der Waals surface area contributed by atoms with Crippen LogP contribution >= 0.6 is 11.3 Å². The molecule has 0 aliphatic carbocycles. The summed E-state index contributed by atoms with van der Waals surface area (Å²) < 4.78 is 6.69. The molecule has 0 aliphatic rings. The van der Waals surface area contributed by atoms with Crippen molar-refractivity contribution in [3.8, 4) is 5.75 Å². The second kappa shape index (κ2) is 8.65. The SMILES string of the molecule is COc1cc2ccccc2cc1C(=O)N(CCN(C)C)c1nc2c(C)c(C)ccc2s1. The van der Waals surface area contributed by atoms with Crippen LogP contribution in [0.4, 0.5) is 5.13 Å². The summed E-state index contributed by atoms with van der Waals surface area (Å²) in [5.41, 5.74) is 3.87. The lowest BCUT2D eigenvalue weighted by atomic mass is 10.0. The minimum Gasteiger partial charge on any atom is -0.496 e. The molecule has 0 N–H and O–H groups in total. The molecule has 0 atom stereocenters. The molecule has 0 spiro atoms. The largest absolute Gasteiger partial charge is 0.496 e. The van der Waals surface area contributed by atoms with Gasteiger partial charge in [0.1, 0.15) is 5.75 Å². The first kappa shape index (κ1) is 21.3. The van der Waals surface area contributed by atoms with Crippen LogP contribution in [0.25, 0.3) is 21.0 Å². The molecule has 4 aromatic rings. The standard InChI is InChI=1S/C25H27N3O2S/c1-16-10-11-22-23(17(16)2)26-25(31-22)28(13-12-27(3)4)24(29)20-14-18-8-6-7-9-19(18)15-21(20)30-5/h6-11,14-15H,12-13H2,1-5H3. The van der Waals surface area contributed by atoms with Gasteiger partial charge in [0.15, 0.2) is 5.13 Å². The first-order valence-corrected chi connectivity index (χ1v) is 11.1. The minimum absolute atomic E-state index is 0.0992. The lowest BCUT2D eigenvalue weighted by Gasteiger charge is -2.23. The number of hydrogen-bond donors (Lipinski definition) is 0. The van der Waals surface area contributed by atoms with E-state index in [0.717, 1.165) is 33.1 Å². The number of ether oxygens (including phenoxy) is 1. The van der Waals surface area contributed by atoms with Crippen molar-refractivity contribution in [3.05, 3.63) is 65.2 Å². The van der Waals surface area contributed by atoms with Crippen LogP contribution in [-0.2, 0) is 0 Å². The van der Waals surface area contributed by atoms with Gasteiger partial charge in [0.05, 0.1) is 22.9 Å². The van der Waals surface area contributed by atoms with E-state index < -0.39 is 0 Å². The van der Waals surface area contributed by atoms with Gasteiger partial charge in [0.2, 0.25) is 0 Å². The Morgan fingerprint density at radius 2 is 1.74 bits per heavy atom. The fourth-order valence-electron chi connectivity index (χ4n) is 3.61. The predicted molar refractivity (Wildman–Crippen MR) is 130 cm³/mol. The quantitative estimate of drug-likeness (QED) is 0.415. The van der Waals surface area contributed by atoms with Gasteiger partial charge < -0.3 is 9.64 Å². The molecule has 0 fully saturated rings. The molecule has 31 heavy (non-hydrogen) atoms. The Morgan fingerprint density at radius 3 is 2.42 bits per heavy atom. The number of benzene rings is 3. The molecular formula is C25H27N3O2S. The summed E-state index contributed by atoms with van der Waals surface area (Å²) >= 11 is 1.55. The smallest absolute Gasteiger partial charge is 0.263 e. The number of nitrogens with zero attached hydrogens (tertiary/aromatic N) is 3. The first-order valence-electron chi connectivity index (χ1n) is 10.3. The van der Waals surface area contributed by atoms with Gasteiger partial charge >= 0.3 is 0 Å². The zero-order valence-electron chi connectivity index (χ0n) is 18.6. The number of aromatic nitrogens is 1. The van der Waals surface area contributed by atoms with Crippen LogP contribution in [-0.4, -0.2) is 50.1 Å². The van der Waals surface area contributed by atoms with Gasteiger partial charge in [-0.25, -0.2) is 4.98 Å². The van der Waals surface area contributed by atoms with Gasteiger partial charge in [-0.3, -0.25) is 9.69 Å². The number of amides is 1. The molecule has 160 valence electrons. The number of hydrogen-bond acceptors (Lipinski definition) is 5. The molecule has 1 amide bonds. The summed E-state index contributed by atoms with van der Waals surface area (Å²) in [5.74, 6) is 0.476. The Labute approximate surface area is 186 Å². The summed E-state index contributed by atoms with van der Waals surface area (Å²) in [4.78, 5) is 22.5. The zero-order chi connectivity index (χ0) is 22.1. The maximum absolute atomic E-state index is 13.8. The highest BCUT2D eigenvalue weighted by atomic mass is 32.1. The maximum atomic E-state index is 13.8. The van der Waals surface area contributed by atoms with Gasteiger partial charge in [-0.15, -0.1) is 0 Å². The van der Waals surface area contributed by atoms with Crippen molar-refractivity contribution in [1.29, 1.82) is 0 Å². The van der Waals surface area contributed by atoms with Crippen molar-refractivity contribution < 1.29 is 9.53 Å². The number of aryl methyl sites for hydroxylation is 2. The van der Waals surface area contributed by atoms with Gasteiger partial charge in [-0.1, -0.05) is 41.7 Å². The highest BCUT2D eigenvalue weighted by Gasteiger charge is 2.25. The van der Waals surface area contributed by atoms with Crippen LogP contribution in [0.5, 0.6) is 5.75 Å². The normalized spacial score (nSPS) is 11.4. The molecule has 0 radical (unpaired) electrons. The van der Waals surface area contributed by atoms with Crippen LogP contribution < -0.4 is 9.64 Å². The van der Waals surface area contributed by atoms with E-state index in [9.17, 15) is 4.79 Å². The van der Waals surface area contributed by atoms with E-state index in [0.29, 0.717) is 23.0 Å². The predicted octanol–water partition coefficient (Wildman–Crippen LogP) is 5.28. The summed E-state index contributed by atoms with van der Waals surface area (Å²) in [5, 5.41) is 2.77. The Bertz CT molecular complexity index is 1260. The van der Waals surface area contributed by atoms with E-state index in [-0.39, 0.29) is 5.91 Å². The third-order valence-corrected chi connectivity index (χ3v) is 6.66. The van der Waals surface area contributed by atoms with Gasteiger partial charge in [0.25, 0.3) is 5.91 Å². The fraction of sp³-hybridized carbons (Fsp3) is 0.280. The highest BCUT2D eigenvalue weighted by molar-refractivity contribution is 7.22. The van der Waals surface area contributed by atoms with Gasteiger partial charge in [-0.2, -0.15) is 0 Å². The third kappa shape index (κ3) is 4.13. The Balaban J connectivity index is 1.82. The van der Waals surface area contributed by atoms with E-state index in [1.807, 2.05) is 50.5 Å². The molecule has 0 saturated carbocycles. The van der Waals surface area contributed by atoms with Crippen LogP contribution in [0.2, 0.25) is 0 Å². The van der Waals surface area contributed by atoms with E-state index >= 15 is 0 Å². The lowest BCUT2D eigenvalue weighted by Crippen LogP contribution is -2.37. The molecule has 1 heterocycles. The molecule has 1 aromatic heterocycles. The van der Waals surface area contributed by atoms with E-state index in [4.69, 9.17) is 9.72 Å². The molecule has 0 saturated heterocycles. The number of fused-ring (bicyclic) bond motifs is 2. The number of carbonyl (C=O) groups excluding carboxylic acids is 1. The highest BCUT2D eigenvalue weighted by Crippen LogP contribution is 2.34. The lowest BCUT2D eigenvalue weighted by molar-refractivity contribution is 0.0982. The molecule has 0 aliphatic heterocycles. The second-order valence-corrected chi connectivity index (χ2v) is 9.02. The first-order chi connectivity index (χ1) is 14.9. The van der Waals surface area contributed by atoms with E-state index in [1.165, 1.54) is 5.56 Å². The second-order valence-electron chi connectivity index (χ2n) is 8.01. The molecule has 4 rings (SSSR count). The molecular weight excluding hydrogens is 406 g/mol. The molecule has 0 unspecified atom stereocenters. The average molecular weight is 434 g/mol. The number of anilines is 1. The average Bonchev–Trinajstić information content (AvgIpc) is 3.20. The van der Waals surface area contributed by atoms with Crippen LogP contribution in [0, 0.1) is 13.8 Å². The number of likely N-dealkylation sites (N-methyl/N-ethyl adjacent to an activating group) is 1. The van der Waals surface area contributed by atoms with Crippen molar-refractivity contribution >= 4 is 43.4 Å². The molecule has 0 bridgehead atoms. The minimum atomic E-state index is -0.0992. The Kier molecular flexibility index (Phi) is 5.94. The van der Waals surface area contributed by atoms with Gasteiger partial charge in [-0.05, 0) is 68.0 Å². The van der Waals surface area contributed by atoms with Crippen LogP contribution in [0.15, 0.2) is 48.5 Å². The molecule has 6 heteroatoms. The van der Waals surface area contributed by atoms with Crippen molar-refractivity contribution in [2.45, 2.75) is 13.8 Å². The van der Waals surface area contributed by atoms with Crippen molar-refractivity contribution in [3.63, 3.8) is 0 Å². The number of methoxy groups -OCH3 is 1. The Morgan fingerprint density at radius 1 is 1.03 bits per heavy atom. The third-order valence-electron chi connectivity index (χ3n) is 5.62. The number of carbonyl (C=O) groups is 1. The van der Waals surface area contributed by atoms with Crippen molar-refractivity contribution in [1.82, 2.24) is 9.88 Å². The zero-order valence-corrected chi connectivity index (χ0v) is 19.4. The number of thiazole rings is 1. The number of rotatable bonds is 6. The summed E-state index contributed by atoms with van der Waals surface area (Å²) in [6.07, 6.45) is 0. The Hall–Kier alpha value is -2.96. The van der Waals surface area contributed by atoms with Gasteiger partial charge in [0, 0.05) is 13.1 Å². The van der Waals surface area contributed by atoms with E-state index in [1.54, 1.807) is 23.3 Å². The summed E-state index contributed by atoms with van der Waals surface area (Å²) in [6, 6.07) is 16.0. The monoisotopic (exact) mass is 433 g/mol. The van der Waals surface area contributed by atoms with Crippen molar-refractivity contribution in [2.24, 2.45) is 0 Å². The van der Waals surface area contributed by atoms with Crippen molar-refractivity contribution in [2.75, 3.05) is 39.2 Å². The molecule has 3 aromatic carbocycles. The maximum Gasteiger partial charge on any atom is 0.263 e. The van der Waals surface area contributed by atoms with Crippen LogP contribution in [0.1, 0.15) is 21.5 Å². The summed E-state index contributed by atoms with van der Waals surface area (Å²) in [6.45, 7) is 5.44.